The Morgan fingerprint density at radius 3 is 0.741 bits per heavy atom. The van der Waals surface area contributed by atoms with E-state index in [0.29, 0.717) is 0 Å². The fourth-order valence-electron chi connectivity index (χ4n) is 1.98. The van der Waals surface area contributed by atoms with Gasteiger partial charge in [0.1, 0.15) is 25.1 Å². The summed E-state index contributed by atoms with van der Waals surface area (Å²) in [7, 11) is -24.3. The molecule has 0 rings (SSSR count). The number of hydrogen-bond acceptors (Lipinski definition) is 7. The van der Waals surface area contributed by atoms with E-state index in [9.17, 15) is 27.7 Å². The third kappa shape index (κ3) is 17.3. The van der Waals surface area contributed by atoms with Gasteiger partial charge in [-0.1, -0.05) is 0 Å². The highest BCUT2D eigenvalue weighted by molar-refractivity contribution is 7.58. The molecule has 0 saturated heterocycles. The molecule has 0 spiro atoms. The molecule has 0 aromatic heterocycles. The molecule has 0 saturated carbocycles. The quantitative estimate of drug-likeness (QED) is 0.135. The summed E-state index contributed by atoms with van der Waals surface area (Å²) in [6.07, 6.45) is -7.66. The summed E-state index contributed by atoms with van der Waals surface area (Å²) in [6.45, 7) is 0. The number of nitrogens with zero attached hydrogens (tertiary/aromatic N) is 2. The van der Waals surface area contributed by atoms with Gasteiger partial charge in [0, 0.05) is 0 Å². The van der Waals surface area contributed by atoms with Crippen molar-refractivity contribution in [2.24, 2.45) is 0 Å². The summed E-state index contributed by atoms with van der Waals surface area (Å²) < 4.78 is 56.3. The van der Waals surface area contributed by atoms with Crippen LogP contribution in [0.5, 0.6) is 0 Å². The maximum Gasteiger partial charge on any atom is 0.339 e. The van der Waals surface area contributed by atoms with E-state index in [4.69, 9.17) is 39.1 Å². The summed E-state index contributed by atoms with van der Waals surface area (Å²) in [5.41, 5.74) is 0. The Kier molecular flexibility index (Phi) is 9.93. The van der Waals surface area contributed by atoms with Crippen LogP contribution in [0.25, 0.3) is 0 Å². The molecule has 0 fully saturated rings. The molecule has 27 heavy (non-hydrogen) atoms. The molecular formula is C6H21N2O14P5. The zero-order valence-corrected chi connectivity index (χ0v) is 17.9. The van der Waals surface area contributed by atoms with E-state index < -0.39 is 75.5 Å². The molecule has 0 unspecified atom stereocenters. The van der Waals surface area contributed by atoms with Crippen molar-refractivity contribution in [1.82, 2.24) is 9.80 Å². The van der Waals surface area contributed by atoms with Crippen LogP contribution in [-0.2, 0) is 22.8 Å². The SMILES string of the molecule is O=P(O)(O)CN(CP(=O)(O)O)CP(=O)(O)CN(CP(=O)(O)O)CP(=O)(O)O. The topological polar surface area (TPSA) is 274 Å². The smallest absolute Gasteiger partial charge is 0.339 e. The minimum Gasteiger partial charge on any atom is -0.343 e. The van der Waals surface area contributed by atoms with Crippen molar-refractivity contribution in [3.63, 3.8) is 0 Å². The Hall–Kier alpha value is 0.710. The Morgan fingerprint density at radius 2 is 0.593 bits per heavy atom. The lowest BCUT2D eigenvalue weighted by atomic mass is 11.0. The molecule has 0 radical (unpaired) electrons. The van der Waals surface area contributed by atoms with Crippen LogP contribution in [0, 0.1) is 0 Å². The van der Waals surface area contributed by atoms with E-state index in [1.165, 1.54) is 0 Å². The Bertz CT molecular complexity index is 624. The fraction of sp³-hybridized carbons (Fsp3) is 1.00. The Morgan fingerprint density at radius 1 is 0.407 bits per heavy atom. The van der Waals surface area contributed by atoms with Crippen LogP contribution >= 0.6 is 37.8 Å². The Labute approximate surface area is 152 Å². The molecule has 9 N–H and O–H groups in total. The molecular weight excluding hydrogens is 479 g/mol. The van der Waals surface area contributed by atoms with Crippen LogP contribution in [-0.4, -0.2) is 91.6 Å². The van der Waals surface area contributed by atoms with Gasteiger partial charge in [-0.15, -0.1) is 0 Å². The Balaban J connectivity index is 5.46. The van der Waals surface area contributed by atoms with Crippen molar-refractivity contribution in [3.8, 4) is 0 Å². The summed E-state index contributed by atoms with van der Waals surface area (Å²) in [5.74, 6) is 0. The minimum atomic E-state index is -4.91. The molecule has 0 aliphatic carbocycles. The van der Waals surface area contributed by atoms with Crippen molar-refractivity contribution >= 4 is 37.8 Å². The van der Waals surface area contributed by atoms with Gasteiger partial charge in [-0.25, -0.2) is 0 Å². The second-order valence-electron chi connectivity index (χ2n) is 5.70. The molecule has 0 aliphatic rings. The minimum absolute atomic E-state index is 0.287. The van der Waals surface area contributed by atoms with E-state index in [1.54, 1.807) is 0 Å². The van der Waals surface area contributed by atoms with Gasteiger partial charge in [0.25, 0.3) is 0 Å². The average Bonchev–Trinajstić information content (AvgIpc) is 2.14. The van der Waals surface area contributed by atoms with Crippen molar-refractivity contribution in [1.29, 1.82) is 0 Å². The maximum absolute atomic E-state index is 12.2. The first-order chi connectivity index (χ1) is 11.6. The summed E-state index contributed by atoms with van der Waals surface area (Å²) >= 11 is 0. The zero-order valence-electron chi connectivity index (χ0n) is 13.4. The summed E-state index contributed by atoms with van der Waals surface area (Å²) in [5, 5.41) is 0. The van der Waals surface area contributed by atoms with Crippen molar-refractivity contribution < 1.29 is 66.9 Å². The van der Waals surface area contributed by atoms with Crippen LogP contribution in [0.4, 0.5) is 0 Å². The van der Waals surface area contributed by atoms with Gasteiger partial charge in [-0.2, -0.15) is 0 Å². The fourth-order valence-corrected chi connectivity index (χ4v) is 7.55. The van der Waals surface area contributed by atoms with E-state index >= 15 is 0 Å². The molecule has 0 aromatic carbocycles. The highest BCUT2D eigenvalue weighted by Crippen LogP contribution is 2.50. The molecule has 0 aliphatic heterocycles. The molecule has 0 amide bonds. The average molecular weight is 500 g/mol. The van der Waals surface area contributed by atoms with Crippen molar-refractivity contribution in [2.75, 3.05) is 37.7 Å². The van der Waals surface area contributed by atoms with Crippen LogP contribution in [0.2, 0.25) is 0 Å². The van der Waals surface area contributed by atoms with Crippen LogP contribution in [0.15, 0.2) is 0 Å². The zero-order chi connectivity index (χ0) is 21.9. The second-order valence-corrected chi connectivity index (χ2v) is 14.4. The second kappa shape index (κ2) is 9.68. The molecule has 16 nitrogen and oxygen atoms in total. The summed E-state index contributed by atoms with van der Waals surface area (Å²) in [4.78, 5) is 81.7. The molecule has 0 atom stereocenters. The molecule has 0 heterocycles. The maximum atomic E-state index is 12.2. The first-order valence-electron chi connectivity index (χ1n) is 6.51. The highest BCUT2D eigenvalue weighted by atomic mass is 31.2. The predicted octanol–water partition coefficient (Wildman–Crippen LogP) is -1.68. The molecule has 0 bridgehead atoms. The normalized spacial score (nSPS) is 14.9. The summed E-state index contributed by atoms with van der Waals surface area (Å²) in [6, 6.07) is 0. The predicted molar refractivity (Wildman–Crippen MR) is 90.9 cm³/mol. The van der Waals surface area contributed by atoms with Crippen molar-refractivity contribution in [3.05, 3.63) is 0 Å². The van der Waals surface area contributed by atoms with Gasteiger partial charge in [0.15, 0.2) is 0 Å². The van der Waals surface area contributed by atoms with Crippen LogP contribution in [0.3, 0.4) is 0 Å². The lowest BCUT2D eigenvalue weighted by Gasteiger charge is -2.29. The third-order valence-corrected chi connectivity index (χ3v) is 7.14. The highest BCUT2D eigenvalue weighted by Gasteiger charge is 2.35. The number of rotatable bonds is 12. The monoisotopic (exact) mass is 500 g/mol. The molecule has 21 heteroatoms. The van der Waals surface area contributed by atoms with E-state index in [1.807, 2.05) is 0 Å². The van der Waals surface area contributed by atoms with E-state index in [0.717, 1.165) is 0 Å². The molecule has 0 aromatic rings. The standard InChI is InChI=1S/C6H21N2O14P5/c9-23(10,1-7(3-24(11,12)13)4-25(14,15)16)2-8(5-26(17,18)19)6-27(20,21)22/h1-6H2,(H,9,10)(H2,11,12,13)(H2,14,15,16)(H2,17,18,19)(H2,20,21,22). The lowest BCUT2D eigenvalue weighted by Crippen LogP contribution is -2.32. The third-order valence-electron chi connectivity index (χ3n) is 2.38. The van der Waals surface area contributed by atoms with Gasteiger partial charge in [-0.3, -0.25) is 32.6 Å². The van der Waals surface area contributed by atoms with E-state index in [2.05, 4.69) is 0 Å². The van der Waals surface area contributed by atoms with Crippen molar-refractivity contribution in [2.45, 2.75) is 0 Å². The van der Waals surface area contributed by atoms with Gasteiger partial charge < -0.3 is 44.0 Å². The first kappa shape index (κ1) is 27.7. The first-order valence-corrected chi connectivity index (χ1v) is 15.7. The largest absolute Gasteiger partial charge is 0.343 e. The van der Waals surface area contributed by atoms with Crippen LogP contribution < -0.4 is 0 Å². The van der Waals surface area contributed by atoms with Gasteiger partial charge >= 0.3 is 30.4 Å². The van der Waals surface area contributed by atoms with E-state index in [-0.39, 0.29) is 9.80 Å². The lowest BCUT2D eigenvalue weighted by molar-refractivity contribution is 0.282. The van der Waals surface area contributed by atoms with Gasteiger partial charge in [0.05, 0.1) is 12.6 Å². The number of hydrogen-bond donors (Lipinski definition) is 9. The van der Waals surface area contributed by atoms with Gasteiger partial charge in [0.2, 0.25) is 7.37 Å². The molecule has 164 valence electrons. The van der Waals surface area contributed by atoms with Crippen LogP contribution in [0.1, 0.15) is 0 Å². The van der Waals surface area contributed by atoms with Gasteiger partial charge in [-0.05, 0) is 0 Å².